The van der Waals surface area contributed by atoms with E-state index in [-0.39, 0.29) is 17.1 Å². The molecule has 0 saturated heterocycles. The number of halogens is 2. The number of hydrogen-bond acceptors (Lipinski definition) is 0. The van der Waals surface area contributed by atoms with Gasteiger partial charge >= 0.3 is 0 Å². The van der Waals surface area contributed by atoms with E-state index in [1.165, 1.54) is 6.08 Å². The summed E-state index contributed by atoms with van der Waals surface area (Å²) in [5.41, 5.74) is -0.0803. The maximum atomic E-state index is 12.3. The topological polar surface area (TPSA) is 0 Å². The highest BCUT2D eigenvalue weighted by Gasteiger charge is 2.02. The van der Waals surface area contributed by atoms with E-state index in [1.54, 1.807) is 0 Å². The summed E-state index contributed by atoms with van der Waals surface area (Å²) in [6, 6.07) is 0. The van der Waals surface area contributed by atoms with Crippen LogP contribution in [0.25, 0.3) is 0 Å². The van der Waals surface area contributed by atoms with E-state index in [1.807, 2.05) is 20.8 Å². The molecular weight excluding hydrogens is 163 g/mol. The third kappa shape index (κ3) is 7.42. The van der Waals surface area contributed by atoms with Gasteiger partial charge in [-0.15, -0.1) is 11.6 Å². The summed E-state index contributed by atoms with van der Waals surface area (Å²) in [6.07, 6.45) is 1.21. The van der Waals surface area contributed by atoms with Crippen molar-refractivity contribution in [1.82, 2.24) is 0 Å². The highest BCUT2D eigenvalue weighted by Crippen LogP contribution is 2.09. The zero-order valence-electron chi connectivity index (χ0n) is 7.04. The summed E-state index contributed by atoms with van der Waals surface area (Å²) in [7, 11) is 0. The van der Waals surface area contributed by atoms with Crippen molar-refractivity contribution in [2.75, 3.05) is 5.88 Å². The molecule has 62 valence electrons. The van der Waals surface area contributed by atoms with E-state index >= 15 is 0 Å². The minimum Gasteiger partial charge on any atom is -0.210 e. The molecular formula is C9H12ClF. The summed E-state index contributed by atoms with van der Waals surface area (Å²) in [4.78, 5) is 0. The molecule has 0 aliphatic carbocycles. The van der Waals surface area contributed by atoms with Crippen molar-refractivity contribution in [3.63, 3.8) is 0 Å². The second-order valence-electron chi connectivity index (χ2n) is 3.24. The predicted molar refractivity (Wildman–Crippen MR) is 47.1 cm³/mol. The lowest BCUT2D eigenvalue weighted by Crippen LogP contribution is -1.98. The quantitative estimate of drug-likeness (QED) is 0.423. The van der Waals surface area contributed by atoms with Gasteiger partial charge in [-0.1, -0.05) is 11.8 Å². The average Bonchev–Trinajstić information content (AvgIpc) is 1.85. The van der Waals surface area contributed by atoms with Gasteiger partial charge in [-0.2, -0.15) is 0 Å². The zero-order valence-corrected chi connectivity index (χ0v) is 7.80. The summed E-state index contributed by atoms with van der Waals surface area (Å²) in [6.45, 7) is 5.89. The molecule has 0 aromatic heterocycles. The number of rotatable bonds is 1. The van der Waals surface area contributed by atoms with Crippen LogP contribution >= 0.6 is 11.6 Å². The molecule has 0 aliphatic heterocycles. The van der Waals surface area contributed by atoms with Gasteiger partial charge in [0.15, 0.2) is 0 Å². The highest BCUT2D eigenvalue weighted by molar-refractivity contribution is 6.19. The highest BCUT2D eigenvalue weighted by atomic mass is 35.5. The normalized spacial score (nSPS) is 12.3. The minimum atomic E-state index is -0.386. The molecule has 0 N–H and O–H groups in total. The molecule has 0 aromatic carbocycles. The monoisotopic (exact) mass is 174 g/mol. The maximum Gasteiger partial charge on any atom is 0.123 e. The molecule has 0 aromatic rings. The van der Waals surface area contributed by atoms with E-state index in [0.717, 1.165) is 0 Å². The van der Waals surface area contributed by atoms with E-state index in [9.17, 15) is 4.39 Å². The van der Waals surface area contributed by atoms with Crippen molar-refractivity contribution in [2.45, 2.75) is 20.8 Å². The van der Waals surface area contributed by atoms with Gasteiger partial charge in [0.05, 0.1) is 5.88 Å². The first-order valence-electron chi connectivity index (χ1n) is 3.39. The average molecular weight is 175 g/mol. The summed E-state index contributed by atoms with van der Waals surface area (Å²) < 4.78 is 12.3. The van der Waals surface area contributed by atoms with Crippen LogP contribution < -0.4 is 0 Å². The van der Waals surface area contributed by atoms with Crippen molar-refractivity contribution in [2.24, 2.45) is 5.41 Å². The van der Waals surface area contributed by atoms with Crippen LogP contribution in [0.3, 0.4) is 0 Å². The Kier molecular flexibility index (Phi) is 4.22. The Labute approximate surface area is 72.4 Å². The van der Waals surface area contributed by atoms with Crippen LogP contribution in [-0.4, -0.2) is 5.88 Å². The summed E-state index contributed by atoms with van der Waals surface area (Å²) in [5, 5.41) is 0. The van der Waals surface area contributed by atoms with E-state index in [4.69, 9.17) is 11.6 Å². The predicted octanol–water partition coefficient (Wildman–Crippen LogP) is 3.13. The lowest BCUT2D eigenvalue weighted by Gasteiger charge is -2.05. The fourth-order valence-corrected chi connectivity index (χ4v) is 0.447. The van der Waals surface area contributed by atoms with E-state index in [0.29, 0.717) is 0 Å². The molecule has 0 aliphatic rings. The van der Waals surface area contributed by atoms with Gasteiger partial charge < -0.3 is 0 Å². The molecule has 0 nitrogen and oxygen atoms in total. The standard InChI is InChI=1S/C9H12ClF/c1-9(2,3)6-4-5-8(11)7-10/h5H,7H2,1-3H3. The van der Waals surface area contributed by atoms with E-state index in [2.05, 4.69) is 11.8 Å². The summed E-state index contributed by atoms with van der Waals surface area (Å²) >= 11 is 5.19. The smallest absolute Gasteiger partial charge is 0.123 e. The first-order valence-corrected chi connectivity index (χ1v) is 3.92. The molecule has 2 heteroatoms. The van der Waals surface area contributed by atoms with Crippen LogP contribution in [0.2, 0.25) is 0 Å². The van der Waals surface area contributed by atoms with Crippen LogP contribution in [0, 0.1) is 17.3 Å². The van der Waals surface area contributed by atoms with Crippen molar-refractivity contribution < 1.29 is 4.39 Å². The molecule has 0 amide bonds. The van der Waals surface area contributed by atoms with Crippen LogP contribution in [-0.2, 0) is 0 Å². The van der Waals surface area contributed by atoms with Crippen LogP contribution in [0.15, 0.2) is 11.9 Å². The molecule has 0 unspecified atom stereocenters. The Bertz CT molecular complexity index is 200. The van der Waals surface area contributed by atoms with Gasteiger partial charge in [0.25, 0.3) is 0 Å². The van der Waals surface area contributed by atoms with Crippen LogP contribution in [0.5, 0.6) is 0 Å². The number of alkyl halides is 1. The fourth-order valence-electron chi connectivity index (χ4n) is 0.369. The van der Waals surface area contributed by atoms with Gasteiger partial charge in [-0.25, -0.2) is 4.39 Å². The second kappa shape index (κ2) is 4.41. The molecule has 11 heavy (non-hydrogen) atoms. The van der Waals surface area contributed by atoms with E-state index < -0.39 is 0 Å². The molecule has 0 spiro atoms. The van der Waals surface area contributed by atoms with Gasteiger partial charge in [-0.05, 0) is 20.8 Å². The Morgan fingerprint density at radius 2 is 2.09 bits per heavy atom. The Hall–Kier alpha value is -0.480. The molecule has 0 fully saturated rings. The minimum absolute atomic E-state index is 0.0803. The van der Waals surface area contributed by atoms with Crippen molar-refractivity contribution in [1.29, 1.82) is 0 Å². The molecule has 0 atom stereocenters. The molecule has 0 rings (SSSR count). The van der Waals surface area contributed by atoms with Crippen molar-refractivity contribution in [3.05, 3.63) is 11.9 Å². The zero-order chi connectivity index (χ0) is 8.91. The third-order valence-corrected chi connectivity index (χ3v) is 1.06. The lowest BCUT2D eigenvalue weighted by molar-refractivity contribution is 0.571. The first kappa shape index (κ1) is 10.5. The Morgan fingerprint density at radius 1 is 1.55 bits per heavy atom. The Balaban J connectivity index is 4.11. The molecule has 0 saturated carbocycles. The Morgan fingerprint density at radius 3 is 2.45 bits per heavy atom. The van der Waals surface area contributed by atoms with Gasteiger partial charge in [0, 0.05) is 11.5 Å². The summed E-state index contributed by atoms with van der Waals surface area (Å²) in [5.74, 6) is 4.98. The van der Waals surface area contributed by atoms with Crippen molar-refractivity contribution in [3.8, 4) is 11.8 Å². The van der Waals surface area contributed by atoms with Gasteiger partial charge in [-0.3, -0.25) is 0 Å². The molecule has 0 radical (unpaired) electrons. The molecule has 0 bridgehead atoms. The maximum absolute atomic E-state index is 12.3. The van der Waals surface area contributed by atoms with Gasteiger partial charge in [0.2, 0.25) is 0 Å². The van der Waals surface area contributed by atoms with Crippen LogP contribution in [0.4, 0.5) is 4.39 Å². The third-order valence-electron chi connectivity index (χ3n) is 0.804. The number of allylic oxidation sites excluding steroid dienone is 2. The second-order valence-corrected chi connectivity index (χ2v) is 3.51. The van der Waals surface area contributed by atoms with Crippen LogP contribution in [0.1, 0.15) is 20.8 Å². The largest absolute Gasteiger partial charge is 0.210 e. The van der Waals surface area contributed by atoms with Crippen molar-refractivity contribution >= 4 is 11.6 Å². The number of hydrogen-bond donors (Lipinski definition) is 0. The van der Waals surface area contributed by atoms with Gasteiger partial charge in [0.1, 0.15) is 5.83 Å². The lowest BCUT2D eigenvalue weighted by atomic mass is 9.98. The SMILES string of the molecule is CC(C)(C)C#CC=C(F)CCl. The fraction of sp³-hybridized carbons (Fsp3) is 0.556. The first-order chi connectivity index (χ1) is 4.95. The molecule has 0 heterocycles.